The lowest BCUT2D eigenvalue weighted by molar-refractivity contribution is -0.137. The van der Waals surface area contributed by atoms with Gasteiger partial charge in [-0.05, 0) is 85.6 Å². The number of hydrogen-bond acceptors (Lipinski definition) is 7. The molecule has 1 aromatic heterocycles. The number of nitrogens with one attached hydrogen (secondary N) is 2. The van der Waals surface area contributed by atoms with E-state index in [-0.39, 0.29) is 42.7 Å². The number of anilines is 1. The Labute approximate surface area is 268 Å². The second-order valence-electron chi connectivity index (χ2n) is 12.8. The normalized spacial score (nSPS) is 18.1. The number of benzene rings is 2. The number of rotatable bonds is 13. The van der Waals surface area contributed by atoms with Gasteiger partial charge in [-0.3, -0.25) is 14.0 Å². The Morgan fingerprint density at radius 2 is 1.93 bits per heavy atom. The molecule has 5 rings (SSSR count). The largest absolute Gasteiger partial charge is 0.481 e. The zero-order chi connectivity index (χ0) is 32.1. The number of amides is 1. The minimum atomic E-state index is -4.24. The van der Waals surface area contributed by atoms with Crippen molar-refractivity contribution in [3.8, 4) is 0 Å². The summed E-state index contributed by atoms with van der Waals surface area (Å²) in [7, 11) is -4.24. The Morgan fingerprint density at radius 3 is 2.62 bits per heavy atom. The number of aromatic nitrogens is 1. The molecule has 1 fully saturated rings. The number of halogens is 1. The lowest BCUT2D eigenvalue weighted by Gasteiger charge is -2.34. The van der Waals surface area contributed by atoms with Crippen molar-refractivity contribution in [1.82, 2.24) is 14.6 Å². The van der Waals surface area contributed by atoms with Crippen LogP contribution in [-0.2, 0) is 38.9 Å². The van der Waals surface area contributed by atoms with Crippen LogP contribution in [0.15, 0.2) is 41.3 Å². The van der Waals surface area contributed by atoms with Crippen molar-refractivity contribution in [2.24, 2.45) is 17.8 Å². The van der Waals surface area contributed by atoms with Crippen molar-refractivity contribution in [3.63, 3.8) is 0 Å². The van der Waals surface area contributed by atoms with E-state index in [1.807, 2.05) is 30.3 Å². The summed E-state index contributed by atoms with van der Waals surface area (Å²) in [4.78, 5) is 31.8. The second-order valence-corrected chi connectivity index (χ2v) is 15.6. The minimum Gasteiger partial charge on any atom is -0.481 e. The maximum atomic E-state index is 14.3. The van der Waals surface area contributed by atoms with Crippen LogP contribution in [0.2, 0.25) is 0 Å². The fourth-order valence-electron chi connectivity index (χ4n) is 6.60. The number of piperidine rings is 1. The van der Waals surface area contributed by atoms with Crippen LogP contribution in [0.1, 0.15) is 62.1 Å². The molecular weight excluding hydrogens is 616 g/mol. The summed E-state index contributed by atoms with van der Waals surface area (Å²) in [5.41, 5.74) is 2.78. The Hall–Kier alpha value is -3.09. The molecule has 0 saturated carbocycles. The summed E-state index contributed by atoms with van der Waals surface area (Å²) in [6.45, 7) is 5.45. The molecule has 0 aliphatic carbocycles. The Kier molecular flexibility index (Phi) is 10.8. The van der Waals surface area contributed by atoms with E-state index in [2.05, 4.69) is 28.9 Å². The van der Waals surface area contributed by atoms with E-state index in [4.69, 9.17) is 0 Å². The fraction of sp³-hybridized carbons (Fsp3) is 0.545. The maximum absolute atomic E-state index is 14.3. The monoisotopic (exact) mass is 658 g/mol. The third kappa shape index (κ3) is 8.39. The van der Waals surface area contributed by atoms with Crippen molar-refractivity contribution in [2.75, 3.05) is 31.6 Å². The van der Waals surface area contributed by atoms with Gasteiger partial charge in [-0.15, -0.1) is 11.3 Å². The molecule has 244 valence electrons. The van der Waals surface area contributed by atoms with Gasteiger partial charge in [0.25, 0.3) is 0 Å². The Morgan fingerprint density at radius 1 is 1.18 bits per heavy atom. The summed E-state index contributed by atoms with van der Waals surface area (Å²) in [6.07, 6.45) is 3.66. The molecule has 1 amide bonds. The zero-order valence-electron chi connectivity index (χ0n) is 25.9. The average Bonchev–Trinajstić information content (AvgIpc) is 3.41. The van der Waals surface area contributed by atoms with E-state index in [1.54, 1.807) is 11.0 Å². The number of carbonyl (C=O) groups is 2. The van der Waals surface area contributed by atoms with Gasteiger partial charge in [0.15, 0.2) is 0 Å². The summed E-state index contributed by atoms with van der Waals surface area (Å²) in [5, 5.41) is 13.3. The summed E-state index contributed by atoms with van der Waals surface area (Å²) >= 11 is 1.43. The van der Waals surface area contributed by atoms with E-state index in [0.29, 0.717) is 73.4 Å². The molecule has 1 saturated heterocycles. The molecule has 45 heavy (non-hydrogen) atoms. The number of likely N-dealkylation sites (tertiary alicyclic amines) is 1. The molecule has 3 N–H and O–H groups in total. The number of carbonyl (C=O) groups excluding carboxylic acids is 1. The molecule has 0 spiro atoms. The molecule has 0 radical (unpaired) electrons. The smallest absolute Gasteiger partial charge is 0.303 e. The van der Waals surface area contributed by atoms with Crippen molar-refractivity contribution < 1.29 is 27.5 Å². The number of nitrogens with zero attached hydrogens (tertiary/aromatic N) is 2. The predicted molar refractivity (Wildman–Crippen MR) is 175 cm³/mol. The zero-order valence-corrected chi connectivity index (χ0v) is 27.6. The molecule has 2 aliphatic rings. The predicted octanol–water partition coefficient (Wildman–Crippen LogP) is 5.43. The molecular formula is C33H43FN4O5S2. The Balaban J connectivity index is 1.47. The molecule has 3 heterocycles. The van der Waals surface area contributed by atoms with Crippen LogP contribution in [0.25, 0.3) is 10.2 Å². The summed E-state index contributed by atoms with van der Waals surface area (Å²) in [6, 6.07) is 10.0. The van der Waals surface area contributed by atoms with Gasteiger partial charge in [-0.2, -0.15) is 4.72 Å². The summed E-state index contributed by atoms with van der Waals surface area (Å²) < 4.78 is 45.2. The molecule has 1 unspecified atom stereocenters. The van der Waals surface area contributed by atoms with Crippen molar-refractivity contribution in [3.05, 3.63) is 52.5 Å². The molecule has 2 aliphatic heterocycles. The van der Waals surface area contributed by atoms with Crippen LogP contribution in [0.3, 0.4) is 0 Å². The van der Waals surface area contributed by atoms with E-state index in [0.717, 1.165) is 22.2 Å². The van der Waals surface area contributed by atoms with Crippen molar-refractivity contribution in [1.29, 1.82) is 0 Å². The number of fused-ring (bicyclic) bond motifs is 2. The quantitative estimate of drug-likeness (QED) is 0.223. The highest BCUT2D eigenvalue weighted by Gasteiger charge is 2.35. The number of para-hydroxylation sites is 1. The molecule has 0 bridgehead atoms. The number of alkyl halides is 1. The van der Waals surface area contributed by atoms with Crippen LogP contribution < -0.4 is 10.0 Å². The first-order valence-electron chi connectivity index (χ1n) is 15.9. The molecule has 12 heteroatoms. The minimum absolute atomic E-state index is 0.0344. The van der Waals surface area contributed by atoms with Gasteiger partial charge in [0.05, 0.1) is 27.6 Å². The maximum Gasteiger partial charge on any atom is 0.303 e. The van der Waals surface area contributed by atoms with E-state index in [1.165, 1.54) is 11.3 Å². The highest BCUT2D eigenvalue weighted by Crippen LogP contribution is 2.35. The number of thiazole rings is 1. The van der Waals surface area contributed by atoms with Gasteiger partial charge in [0.2, 0.25) is 15.9 Å². The first-order chi connectivity index (χ1) is 21.5. The van der Waals surface area contributed by atoms with E-state index < -0.39 is 22.0 Å². The van der Waals surface area contributed by atoms with Crippen LogP contribution in [0, 0.1) is 17.8 Å². The fourth-order valence-corrected chi connectivity index (χ4v) is 9.07. The van der Waals surface area contributed by atoms with Gasteiger partial charge in [0, 0.05) is 32.5 Å². The highest BCUT2D eigenvalue weighted by atomic mass is 32.2. The van der Waals surface area contributed by atoms with Crippen LogP contribution in [0.5, 0.6) is 0 Å². The molecule has 2 aromatic carbocycles. The van der Waals surface area contributed by atoms with Crippen LogP contribution in [-0.4, -0.2) is 67.6 Å². The van der Waals surface area contributed by atoms with Gasteiger partial charge in [-0.25, -0.2) is 13.4 Å². The van der Waals surface area contributed by atoms with Crippen molar-refractivity contribution >= 4 is 49.1 Å². The number of aliphatic carboxylic acids is 1. The topological polar surface area (TPSA) is 129 Å². The summed E-state index contributed by atoms with van der Waals surface area (Å²) in [5.74, 6) is -0.261. The average molecular weight is 659 g/mol. The standard InChI is InChI=1S/C33H43FN4O5S2/c1-21(2)15-24-17-25-16-23(7-8-31(39)40)18-29(32(25)35-20-24)45(42,43)37-27(19-30-36-26-5-3-4-6-28(26)44-30)33(41)38-13-10-22(9-12-34)11-14-38/h3-6,16,18,21-22,24,27,35,37H,7-15,17,19-20H2,1-2H3,(H,39,40)/t24?,27-/m0/s1. The van der Waals surface area contributed by atoms with Crippen LogP contribution in [0.4, 0.5) is 10.1 Å². The van der Waals surface area contributed by atoms with Gasteiger partial charge >= 0.3 is 5.97 Å². The van der Waals surface area contributed by atoms with Gasteiger partial charge in [-0.1, -0.05) is 32.0 Å². The van der Waals surface area contributed by atoms with Crippen LogP contribution >= 0.6 is 11.3 Å². The second kappa shape index (κ2) is 14.6. The number of carboxylic acid groups (broad SMARTS) is 1. The molecule has 3 aromatic rings. The van der Waals surface area contributed by atoms with Gasteiger partial charge in [0.1, 0.15) is 10.9 Å². The van der Waals surface area contributed by atoms with E-state index >= 15 is 0 Å². The number of hydrogen-bond donors (Lipinski definition) is 3. The number of aryl methyl sites for hydroxylation is 1. The molecule has 2 atom stereocenters. The lowest BCUT2D eigenvalue weighted by Crippen LogP contribution is -2.51. The van der Waals surface area contributed by atoms with Gasteiger partial charge < -0.3 is 15.3 Å². The lowest BCUT2D eigenvalue weighted by atomic mass is 9.86. The third-order valence-electron chi connectivity index (χ3n) is 8.80. The number of carboxylic acids is 1. The van der Waals surface area contributed by atoms with Crippen molar-refractivity contribution in [2.45, 2.75) is 76.2 Å². The first kappa shape index (κ1) is 33.3. The van der Waals surface area contributed by atoms with E-state index in [9.17, 15) is 27.5 Å². The number of sulfonamides is 1. The SMILES string of the molecule is CC(C)CC1CNc2c(cc(CCC(=O)O)cc2S(=O)(=O)N[C@@H](Cc2nc3ccccc3s2)C(=O)N2CCC(CCF)CC2)C1. The third-order valence-corrected chi connectivity index (χ3v) is 11.4. The Bertz CT molecular complexity index is 1590. The molecule has 9 nitrogen and oxygen atoms in total. The first-order valence-corrected chi connectivity index (χ1v) is 18.1. The highest BCUT2D eigenvalue weighted by molar-refractivity contribution is 7.89.